The predicted octanol–water partition coefficient (Wildman–Crippen LogP) is 2.63. The number of aryl methyl sites for hydroxylation is 1. The fourth-order valence-corrected chi connectivity index (χ4v) is 2.58. The summed E-state index contributed by atoms with van der Waals surface area (Å²) < 4.78 is 1.16. The number of aliphatic hydroxyl groups excluding tert-OH is 1. The van der Waals surface area contributed by atoms with E-state index in [0.717, 1.165) is 21.4 Å². The molecule has 4 nitrogen and oxygen atoms in total. The summed E-state index contributed by atoms with van der Waals surface area (Å²) in [5.74, 6) is -0.0130. The first kappa shape index (κ1) is 17.4. The van der Waals surface area contributed by atoms with Crippen LogP contribution in [0.1, 0.15) is 25.8 Å². The van der Waals surface area contributed by atoms with Gasteiger partial charge >= 0.3 is 0 Å². The number of rotatable bonds is 7. The Balaban J connectivity index is 2.61. The van der Waals surface area contributed by atoms with Crippen molar-refractivity contribution in [3.8, 4) is 0 Å². The lowest BCUT2D eigenvalue weighted by Gasteiger charge is -2.25. The fraction of sp³-hybridized carbons (Fsp3) is 0.533. The average molecular weight is 390 g/mol. The van der Waals surface area contributed by atoms with Gasteiger partial charge in [0.2, 0.25) is 5.91 Å². The monoisotopic (exact) mass is 390 g/mol. The molecule has 0 unspecified atom stereocenters. The zero-order chi connectivity index (χ0) is 15.1. The van der Waals surface area contributed by atoms with E-state index >= 15 is 0 Å². The van der Waals surface area contributed by atoms with Crippen LogP contribution in [0.3, 0.4) is 0 Å². The van der Waals surface area contributed by atoms with Gasteiger partial charge in [-0.2, -0.15) is 0 Å². The van der Waals surface area contributed by atoms with Gasteiger partial charge in [-0.3, -0.25) is 9.69 Å². The molecule has 0 saturated carbocycles. The van der Waals surface area contributed by atoms with Crippen LogP contribution in [0.25, 0.3) is 0 Å². The van der Waals surface area contributed by atoms with E-state index in [0.29, 0.717) is 13.0 Å². The summed E-state index contributed by atoms with van der Waals surface area (Å²) in [6.07, 6.45) is 0.689. The number of anilines is 1. The third kappa shape index (κ3) is 5.76. The standard InChI is InChI=1S/C15H23IN2O2/c1-11(2)18(7-4-8-19)10-15(20)17-14-6-5-13(16)9-12(14)3/h5-6,9,11,19H,4,7-8,10H2,1-3H3,(H,17,20). The van der Waals surface area contributed by atoms with Gasteiger partial charge in [0.05, 0.1) is 6.54 Å². The molecule has 0 aliphatic carbocycles. The number of nitrogens with zero attached hydrogens (tertiary/aromatic N) is 1. The van der Waals surface area contributed by atoms with Crippen LogP contribution >= 0.6 is 22.6 Å². The minimum Gasteiger partial charge on any atom is -0.396 e. The van der Waals surface area contributed by atoms with Gasteiger partial charge in [-0.05, 0) is 73.5 Å². The summed E-state index contributed by atoms with van der Waals surface area (Å²) in [6, 6.07) is 6.24. The van der Waals surface area contributed by atoms with E-state index in [4.69, 9.17) is 5.11 Å². The molecule has 2 N–H and O–H groups in total. The van der Waals surface area contributed by atoms with Crippen molar-refractivity contribution in [2.24, 2.45) is 0 Å². The topological polar surface area (TPSA) is 52.6 Å². The van der Waals surface area contributed by atoms with Gasteiger partial charge in [-0.1, -0.05) is 0 Å². The molecule has 1 amide bonds. The molecule has 0 aliphatic rings. The van der Waals surface area contributed by atoms with E-state index in [1.165, 1.54) is 0 Å². The van der Waals surface area contributed by atoms with E-state index in [1.54, 1.807) is 0 Å². The highest BCUT2D eigenvalue weighted by Gasteiger charge is 2.14. The highest BCUT2D eigenvalue weighted by atomic mass is 127. The number of hydrogen-bond acceptors (Lipinski definition) is 3. The maximum absolute atomic E-state index is 12.1. The predicted molar refractivity (Wildman–Crippen MR) is 90.9 cm³/mol. The number of hydrogen-bond donors (Lipinski definition) is 2. The van der Waals surface area contributed by atoms with Crippen molar-refractivity contribution in [2.45, 2.75) is 33.2 Å². The molecule has 5 heteroatoms. The first-order valence-electron chi connectivity index (χ1n) is 6.85. The number of aliphatic hydroxyl groups is 1. The second-order valence-electron chi connectivity index (χ2n) is 5.15. The Morgan fingerprint density at radius 1 is 1.45 bits per heavy atom. The van der Waals surface area contributed by atoms with Gasteiger partial charge < -0.3 is 10.4 Å². The molecule has 0 radical (unpaired) electrons. The minimum atomic E-state index is -0.0130. The lowest BCUT2D eigenvalue weighted by molar-refractivity contribution is -0.117. The van der Waals surface area contributed by atoms with Crippen LogP contribution < -0.4 is 5.32 Å². The normalized spacial score (nSPS) is 11.2. The molecule has 0 fully saturated rings. The van der Waals surface area contributed by atoms with Crippen molar-refractivity contribution in [1.29, 1.82) is 0 Å². The third-order valence-electron chi connectivity index (χ3n) is 3.14. The van der Waals surface area contributed by atoms with Gasteiger partial charge in [0.15, 0.2) is 0 Å². The zero-order valence-electron chi connectivity index (χ0n) is 12.3. The molecule has 0 saturated heterocycles. The maximum atomic E-state index is 12.1. The van der Waals surface area contributed by atoms with Crippen molar-refractivity contribution in [2.75, 3.05) is 25.0 Å². The first-order valence-corrected chi connectivity index (χ1v) is 7.93. The molecule has 0 heterocycles. The quantitative estimate of drug-likeness (QED) is 0.704. The molecule has 0 aromatic heterocycles. The number of nitrogens with one attached hydrogen (secondary N) is 1. The lowest BCUT2D eigenvalue weighted by Crippen LogP contribution is -2.39. The SMILES string of the molecule is Cc1cc(I)ccc1NC(=O)CN(CCCO)C(C)C. The third-order valence-corrected chi connectivity index (χ3v) is 3.81. The van der Waals surface area contributed by atoms with Crippen molar-refractivity contribution in [1.82, 2.24) is 4.90 Å². The van der Waals surface area contributed by atoms with Gasteiger partial charge in [0, 0.05) is 28.5 Å². The van der Waals surface area contributed by atoms with Gasteiger partial charge in [0.1, 0.15) is 0 Å². The second kappa shape index (κ2) is 8.59. The molecule has 1 rings (SSSR count). The molecule has 1 aromatic carbocycles. The van der Waals surface area contributed by atoms with Crippen molar-refractivity contribution in [3.05, 3.63) is 27.3 Å². The fourth-order valence-electron chi connectivity index (χ4n) is 1.94. The molecule has 0 bridgehead atoms. The summed E-state index contributed by atoms with van der Waals surface area (Å²) in [5, 5.41) is 11.9. The Labute approximate surface area is 134 Å². The maximum Gasteiger partial charge on any atom is 0.238 e. The first-order chi connectivity index (χ1) is 9.43. The summed E-state index contributed by atoms with van der Waals surface area (Å²) in [6.45, 7) is 7.34. The molecule has 112 valence electrons. The van der Waals surface area contributed by atoms with E-state index in [1.807, 2.05) is 25.1 Å². The number of benzene rings is 1. The highest BCUT2D eigenvalue weighted by Crippen LogP contribution is 2.17. The van der Waals surface area contributed by atoms with Crippen molar-refractivity contribution < 1.29 is 9.90 Å². The Bertz CT molecular complexity index is 449. The Kier molecular flexibility index (Phi) is 7.47. The van der Waals surface area contributed by atoms with Crippen LogP contribution in [0.2, 0.25) is 0 Å². The Morgan fingerprint density at radius 3 is 2.70 bits per heavy atom. The van der Waals surface area contributed by atoms with Gasteiger partial charge in [-0.15, -0.1) is 0 Å². The smallest absolute Gasteiger partial charge is 0.238 e. The number of carbonyl (C=O) groups excluding carboxylic acids is 1. The van der Waals surface area contributed by atoms with E-state index in [-0.39, 0.29) is 18.6 Å². The van der Waals surface area contributed by atoms with Crippen molar-refractivity contribution >= 4 is 34.2 Å². The molecule has 0 atom stereocenters. The van der Waals surface area contributed by atoms with Gasteiger partial charge in [-0.25, -0.2) is 0 Å². The average Bonchev–Trinajstić information content (AvgIpc) is 2.37. The van der Waals surface area contributed by atoms with Crippen molar-refractivity contribution in [3.63, 3.8) is 0 Å². The Morgan fingerprint density at radius 2 is 2.15 bits per heavy atom. The van der Waals surface area contributed by atoms with Gasteiger partial charge in [0.25, 0.3) is 0 Å². The molecule has 0 spiro atoms. The number of carbonyl (C=O) groups is 1. The molecule has 1 aromatic rings. The van der Waals surface area contributed by atoms with E-state index < -0.39 is 0 Å². The summed E-state index contributed by atoms with van der Waals surface area (Å²) in [4.78, 5) is 14.2. The second-order valence-corrected chi connectivity index (χ2v) is 6.39. The molecular formula is C15H23IN2O2. The molecular weight excluding hydrogens is 367 g/mol. The summed E-state index contributed by atoms with van der Waals surface area (Å²) in [7, 11) is 0. The van der Waals surface area contributed by atoms with E-state index in [2.05, 4.69) is 46.7 Å². The minimum absolute atomic E-state index is 0.0130. The van der Waals surface area contributed by atoms with Crippen LogP contribution in [0.4, 0.5) is 5.69 Å². The van der Waals surface area contributed by atoms with Crippen LogP contribution in [0.5, 0.6) is 0 Å². The van der Waals surface area contributed by atoms with Crippen LogP contribution in [-0.4, -0.2) is 41.7 Å². The Hall–Kier alpha value is -0.660. The largest absolute Gasteiger partial charge is 0.396 e. The lowest BCUT2D eigenvalue weighted by atomic mass is 10.2. The number of amides is 1. The van der Waals surface area contributed by atoms with Crippen LogP contribution in [0.15, 0.2) is 18.2 Å². The van der Waals surface area contributed by atoms with Crippen LogP contribution in [0, 0.1) is 10.5 Å². The zero-order valence-corrected chi connectivity index (χ0v) is 14.5. The summed E-state index contributed by atoms with van der Waals surface area (Å²) in [5.41, 5.74) is 1.93. The summed E-state index contributed by atoms with van der Waals surface area (Å²) >= 11 is 2.25. The number of halogens is 1. The van der Waals surface area contributed by atoms with Crippen LogP contribution in [-0.2, 0) is 4.79 Å². The highest BCUT2D eigenvalue weighted by molar-refractivity contribution is 14.1. The van der Waals surface area contributed by atoms with E-state index in [9.17, 15) is 4.79 Å². The molecule has 0 aliphatic heterocycles. The molecule has 20 heavy (non-hydrogen) atoms.